The molecule has 100 valence electrons. The third-order valence-electron chi connectivity index (χ3n) is 2.42. The van der Waals surface area contributed by atoms with E-state index in [1.807, 2.05) is 6.07 Å². The highest BCUT2D eigenvalue weighted by Gasteiger charge is 2.14. The van der Waals surface area contributed by atoms with Crippen LogP contribution in [-0.4, -0.2) is 4.92 Å². The zero-order valence-corrected chi connectivity index (χ0v) is 11.4. The van der Waals surface area contributed by atoms with Crippen LogP contribution in [-0.2, 0) is 0 Å². The van der Waals surface area contributed by atoms with Crippen LogP contribution in [0.15, 0.2) is 40.9 Å². The first-order valence-corrected chi connectivity index (χ1v) is 6.12. The molecule has 7 heteroatoms. The third kappa shape index (κ3) is 2.75. The Balaban J connectivity index is 2.36. The van der Waals surface area contributed by atoms with Gasteiger partial charge in [0, 0.05) is 6.07 Å². The summed E-state index contributed by atoms with van der Waals surface area (Å²) in [5, 5.41) is 19.4. The van der Waals surface area contributed by atoms with Crippen LogP contribution in [0.5, 0.6) is 11.5 Å². The molecule has 2 rings (SSSR count). The van der Waals surface area contributed by atoms with Gasteiger partial charge in [-0.15, -0.1) is 0 Å². The Morgan fingerprint density at radius 2 is 2.10 bits per heavy atom. The summed E-state index contributed by atoms with van der Waals surface area (Å²) in [5.41, 5.74) is -0.0236. The van der Waals surface area contributed by atoms with Crippen molar-refractivity contribution in [2.24, 2.45) is 0 Å². The topological polar surface area (TPSA) is 76.2 Å². The lowest BCUT2D eigenvalue weighted by Gasteiger charge is -2.08. The van der Waals surface area contributed by atoms with Gasteiger partial charge in [0.25, 0.3) is 5.69 Å². The molecular weight excluding hydrogens is 331 g/mol. The number of benzene rings is 2. The van der Waals surface area contributed by atoms with Crippen LogP contribution in [0.2, 0.25) is 0 Å². The lowest BCUT2D eigenvalue weighted by Crippen LogP contribution is -1.93. The molecule has 0 aliphatic heterocycles. The van der Waals surface area contributed by atoms with Crippen LogP contribution in [0.1, 0.15) is 5.56 Å². The van der Waals surface area contributed by atoms with Gasteiger partial charge in [-0.25, -0.2) is 4.39 Å². The molecule has 2 aromatic rings. The molecule has 0 amide bonds. The summed E-state index contributed by atoms with van der Waals surface area (Å²) in [6, 6.07) is 9.89. The van der Waals surface area contributed by atoms with Crippen molar-refractivity contribution in [2.45, 2.75) is 0 Å². The number of nitro benzene ring substituents is 1. The monoisotopic (exact) mass is 336 g/mol. The Morgan fingerprint density at radius 3 is 2.75 bits per heavy atom. The summed E-state index contributed by atoms with van der Waals surface area (Å²) in [4.78, 5) is 10.1. The van der Waals surface area contributed by atoms with Crippen molar-refractivity contribution in [2.75, 3.05) is 0 Å². The number of nitriles is 1. The summed E-state index contributed by atoms with van der Waals surface area (Å²) >= 11 is 2.96. The van der Waals surface area contributed by atoms with E-state index in [1.165, 1.54) is 36.4 Å². The van der Waals surface area contributed by atoms with Gasteiger partial charge >= 0.3 is 0 Å². The second kappa shape index (κ2) is 5.67. The highest BCUT2D eigenvalue weighted by Crippen LogP contribution is 2.32. The van der Waals surface area contributed by atoms with Gasteiger partial charge in [-0.05, 0) is 34.1 Å². The molecule has 0 fully saturated rings. The first kappa shape index (κ1) is 14.0. The smallest absolute Gasteiger partial charge is 0.273 e. The first-order chi connectivity index (χ1) is 9.52. The summed E-state index contributed by atoms with van der Waals surface area (Å²) in [6.45, 7) is 0. The van der Waals surface area contributed by atoms with Crippen molar-refractivity contribution in [1.29, 1.82) is 5.26 Å². The van der Waals surface area contributed by atoms with E-state index >= 15 is 0 Å². The molecule has 0 aromatic heterocycles. The fourth-order valence-corrected chi connectivity index (χ4v) is 1.90. The molecule has 20 heavy (non-hydrogen) atoms. The van der Waals surface area contributed by atoms with Crippen LogP contribution < -0.4 is 4.74 Å². The molecule has 0 N–H and O–H groups in total. The standard InChI is InChI=1S/C13H6BrFN2O3/c14-12-8(7-16)4-5-11(13(12)15)20-10-3-1-2-9(6-10)17(18)19/h1-6H. The number of hydrogen-bond donors (Lipinski definition) is 0. The maximum absolute atomic E-state index is 13.9. The lowest BCUT2D eigenvalue weighted by atomic mass is 10.2. The molecule has 0 atom stereocenters. The van der Waals surface area contributed by atoms with Crippen molar-refractivity contribution in [3.8, 4) is 17.6 Å². The number of nitro groups is 1. The maximum Gasteiger partial charge on any atom is 0.273 e. The van der Waals surface area contributed by atoms with E-state index in [-0.39, 0.29) is 27.2 Å². The molecule has 0 heterocycles. The minimum Gasteiger partial charge on any atom is -0.454 e. The Morgan fingerprint density at radius 1 is 1.35 bits per heavy atom. The van der Waals surface area contributed by atoms with Crippen molar-refractivity contribution in [3.05, 3.63) is 62.4 Å². The van der Waals surface area contributed by atoms with Gasteiger partial charge in [-0.2, -0.15) is 5.26 Å². The van der Waals surface area contributed by atoms with Gasteiger partial charge in [0.15, 0.2) is 11.6 Å². The highest BCUT2D eigenvalue weighted by molar-refractivity contribution is 9.10. The van der Waals surface area contributed by atoms with E-state index in [0.717, 1.165) is 0 Å². The number of rotatable bonds is 3. The molecule has 0 saturated carbocycles. The van der Waals surface area contributed by atoms with E-state index in [1.54, 1.807) is 0 Å². The predicted molar refractivity (Wildman–Crippen MR) is 72.0 cm³/mol. The number of hydrogen-bond acceptors (Lipinski definition) is 4. The van der Waals surface area contributed by atoms with Gasteiger partial charge in [0.1, 0.15) is 11.8 Å². The number of halogens is 2. The molecule has 0 unspecified atom stereocenters. The fourth-order valence-electron chi connectivity index (χ4n) is 1.48. The zero-order chi connectivity index (χ0) is 14.7. The minimum atomic E-state index is -0.740. The second-order valence-corrected chi connectivity index (χ2v) is 4.50. The van der Waals surface area contributed by atoms with Crippen LogP contribution >= 0.6 is 15.9 Å². The number of ether oxygens (including phenoxy) is 1. The van der Waals surface area contributed by atoms with Gasteiger partial charge in [0.05, 0.1) is 21.0 Å². The molecule has 0 aliphatic carbocycles. The summed E-state index contributed by atoms with van der Waals surface area (Å²) in [6.07, 6.45) is 0. The molecule has 0 spiro atoms. The molecule has 0 bridgehead atoms. The summed E-state index contributed by atoms with van der Waals surface area (Å²) < 4.78 is 19.2. The number of nitrogens with zero attached hydrogens (tertiary/aromatic N) is 2. The normalized spacial score (nSPS) is 9.85. The average molecular weight is 337 g/mol. The Labute approximate surface area is 121 Å². The Bertz CT molecular complexity index is 728. The zero-order valence-electron chi connectivity index (χ0n) is 9.84. The highest BCUT2D eigenvalue weighted by atomic mass is 79.9. The maximum atomic E-state index is 13.9. The van der Waals surface area contributed by atoms with Crippen LogP contribution in [0, 0.1) is 27.3 Å². The van der Waals surface area contributed by atoms with E-state index in [0.29, 0.717) is 0 Å². The predicted octanol–water partition coefficient (Wildman–Crippen LogP) is 4.16. The van der Waals surface area contributed by atoms with Crippen LogP contribution in [0.4, 0.5) is 10.1 Å². The molecule has 2 aromatic carbocycles. The van der Waals surface area contributed by atoms with Gasteiger partial charge in [-0.3, -0.25) is 10.1 Å². The molecule has 0 saturated heterocycles. The second-order valence-electron chi connectivity index (χ2n) is 3.71. The van der Waals surface area contributed by atoms with Crippen LogP contribution in [0.25, 0.3) is 0 Å². The van der Waals surface area contributed by atoms with Crippen molar-refractivity contribution >= 4 is 21.6 Å². The fraction of sp³-hybridized carbons (Fsp3) is 0. The molecular formula is C13H6BrFN2O3. The van der Waals surface area contributed by atoms with Crippen LogP contribution in [0.3, 0.4) is 0 Å². The Hall–Kier alpha value is -2.46. The van der Waals surface area contributed by atoms with Gasteiger partial charge in [0.2, 0.25) is 0 Å². The SMILES string of the molecule is N#Cc1ccc(Oc2cccc([N+](=O)[O-])c2)c(F)c1Br. The molecule has 0 radical (unpaired) electrons. The Kier molecular flexibility index (Phi) is 3.96. The first-order valence-electron chi connectivity index (χ1n) is 5.33. The van der Waals surface area contributed by atoms with E-state index < -0.39 is 10.7 Å². The third-order valence-corrected chi connectivity index (χ3v) is 3.20. The largest absolute Gasteiger partial charge is 0.454 e. The number of non-ortho nitro benzene ring substituents is 1. The van der Waals surface area contributed by atoms with Gasteiger partial charge in [-0.1, -0.05) is 6.07 Å². The minimum absolute atomic E-state index is 0.0112. The van der Waals surface area contributed by atoms with E-state index in [4.69, 9.17) is 10.00 Å². The van der Waals surface area contributed by atoms with Gasteiger partial charge < -0.3 is 4.74 Å². The lowest BCUT2D eigenvalue weighted by molar-refractivity contribution is -0.384. The quantitative estimate of drug-likeness (QED) is 0.622. The molecule has 0 aliphatic rings. The summed E-state index contributed by atoms with van der Waals surface area (Å²) in [5.74, 6) is -0.735. The van der Waals surface area contributed by atoms with Crippen molar-refractivity contribution in [1.82, 2.24) is 0 Å². The van der Waals surface area contributed by atoms with Crippen molar-refractivity contribution < 1.29 is 14.1 Å². The average Bonchev–Trinajstić information content (AvgIpc) is 2.44. The van der Waals surface area contributed by atoms with Crippen molar-refractivity contribution in [3.63, 3.8) is 0 Å². The summed E-state index contributed by atoms with van der Waals surface area (Å²) in [7, 11) is 0. The molecule has 5 nitrogen and oxygen atoms in total. The van der Waals surface area contributed by atoms with E-state index in [9.17, 15) is 14.5 Å². The van der Waals surface area contributed by atoms with E-state index in [2.05, 4.69) is 15.9 Å².